The summed E-state index contributed by atoms with van der Waals surface area (Å²) in [6.45, 7) is 0.162. The lowest BCUT2D eigenvalue weighted by Gasteiger charge is -2.10. The van der Waals surface area contributed by atoms with Crippen LogP contribution in [-0.4, -0.2) is 18.2 Å². The van der Waals surface area contributed by atoms with Crippen LogP contribution in [0.15, 0.2) is 53.5 Å². The van der Waals surface area contributed by atoms with Gasteiger partial charge in [0.15, 0.2) is 0 Å². The number of anilines is 1. The number of benzodiazepines with no additional fused rings is 1. The molecule has 3 nitrogen and oxygen atoms in total. The van der Waals surface area contributed by atoms with Crippen molar-refractivity contribution in [2.45, 2.75) is 0 Å². The van der Waals surface area contributed by atoms with Gasteiger partial charge in [0.1, 0.15) is 6.54 Å². The minimum Gasteiger partial charge on any atom is -0.324 e. The van der Waals surface area contributed by atoms with Crippen LogP contribution in [0.25, 0.3) is 0 Å². The second-order valence-corrected chi connectivity index (χ2v) is 5.51. The molecule has 19 heavy (non-hydrogen) atoms. The fourth-order valence-electron chi connectivity index (χ4n) is 2.09. The molecule has 0 saturated heterocycles. The highest BCUT2D eigenvalue weighted by Gasteiger charge is 2.17. The van der Waals surface area contributed by atoms with E-state index in [-0.39, 0.29) is 12.5 Å². The molecule has 1 heterocycles. The first-order valence-corrected chi connectivity index (χ1v) is 7.01. The number of carbonyl (C=O) groups is 1. The molecule has 0 unspecified atom stereocenters. The van der Waals surface area contributed by atoms with E-state index in [1.165, 1.54) is 0 Å². The van der Waals surface area contributed by atoms with Gasteiger partial charge in [-0.15, -0.1) is 0 Å². The van der Waals surface area contributed by atoms with E-state index in [2.05, 4.69) is 32.9 Å². The summed E-state index contributed by atoms with van der Waals surface area (Å²) < 4.78 is 1.12. The van der Waals surface area contributed by atoms with Crippen LogP contribution in [0, 0.1) is 3.57 Å². The third-order valence-electron chi connectivity index (χ3n) is 2.94. The fraction of sp³-hybridized carbons (Fsp3) is 0.0667. The molecule has 0 fully saturated rings. The second kappa shape index (κ2) is 5.13. The molecule has 4 heteroatoms. The topological polar surface area (TPSA) is 41.5 Å². The van der Waals surface area contributed by atoms with Crippen LogP contribution in [0.5, 0.6) is 0 Å². The van der Waals surface area contributed by atoms with Crippen molar-refractivity contribution in [3.8, 4) is 0 Å². The maximum atomic E-state index is 11.7. The average Bonchev–Trinajstić information content (AvgIpc) is 2.58. The van der Waals surface area contributed by atoms with Gasteiger partial charge in [0.2, 0.25) is 5.91 Å². The monoisotopic (exact) mass is 362 g/mol. The minimum absolute atomic E-state index is 0.0756. The number of aliphatic imine (C=N–C) groups is 1. The van der Waals surface area contributed by atoms with Gasteiger partial charge < -0.3 is 5.32 Å². The summed E-state index contributed by atoms with van der Waals surface area (Å²) in [5.41, 5.74) is 3.70. The normalized spacial score (nSPS) is 14.2. The number of nitrogens with zero attached hydrogens (tertiary/aromatic N) is 1. The Hall–Kier alpha value is -1.69. The fourth-order valence-corrected chi connectivity index (χ4v) is 2.58. The van der Waals surface area contributed by atoms with Crippen molar-refractivity contribution in [3.05, 3.63) is 63.2 Å². The predicted octanol–water partition coefficient (Wildman–Crippen LogP) is 3.08. The molecule has 94 valence electrons. The third-order valence-corrected chi connectivity index (χ3v) is 3.61. The maximum Gasteiger partial charge on any atom is 0.246 e. The molecule has 0 aromatic heterocycles. The van der Waals surface area contributed by atoms with Gasteiger partial charge >= 0.3 is 0 Å². The van der Waals surface area contributed by atoms with E-state index in [4.69, 9.17) is 0 Å². The van der Waals surface area contributed by atoms with E-state index in [9.17, 15) is 4.79 Å². The Balaban J connectivity index is 2.20. The molecule has 0 radical (unpaired) electrons. The molecule has 1 N–H and O–H groups in total. The molecule has 0 spiro atoms. The van der Waals surface area contributed by atoms with Crippen LogP contribution in [-0.2, 0) is 4.79 Å². The number of rotatable bonds is 1. The van der Waals surface area contributed by atoms with Gasteiger partial charge in [0.05, 0.1) is 11.4 Å². The molecular weight excluding hydrogens is 351 g/mol. The van der Waals surface area contributed by atoms with Crippen molar-refractivity contribution >= 4 is 39.9 Å². The number of benzene rings is 2. The smallest absolute Gasteiger partial charge is 0.246 e. The highest BCUT2D eigenvalue weighted by molar-refractivity contribution is 14.1. The number of amides is 1. The average molecular weight is 362 g/mol. The van der Waals surface area contributed by atoms with Crippen LogP contribution >= 0.6 is 22.6 Å². The van der Waals surface area contributed by atoms with Crippen molar-refractivity contribution in [2.24, 2.45) is 4.99 Å². The standard InChI is InChI=1S/C15H11IN2O/c16-11-6-7-13-12(8-11)15(17-9-14(19)18-13)10-4-2-1-3-5-10/h1-8H,9H2,(H,18,19). The van der Waals surface area contributed by atoms with Crippen LogP contribution in [0.1, 0.15) is 11.1 Å². The van der Waals surface area contributed by atoms with Gasteiger partial charge in [0.25, 0.3) is 0 Å². The lowest BCUT2D eigenvalue weighted by atomic mass is 10.0. The van der Waals surface area contributed by atoms with Gasteiger partial charge in [-0.3, -0.25) is 9.79 Å². The van der Waals surface area contributed by atoms with E-state index < -0.39 is 0 Å². The zero-order valence-electron chi connectivity index (χ0n) is 10.1. The van der Waals surface area contributed by atoms with Gasteiger partial charge in [0, 0.05) is 14.7 Å². The maximum absolute atomic E-state index is 11.7. The number of carbonyl (C=O) groups excluding carboxylic acids is 1. The Kier molecular flexibility index (Phi) is 3.33. The largest absolute Gasteiger partial charge is 0.324 e. The molecule has 0 atom stereocenters. The molecule has 3 rings (SSSR count). The summed E-state index contributed by atoms with van der Waals surface area (Å²) in [5, 5.41) is 2.89. The summed E-state index contributed by atoms with van der Waals surface area (Å²) in [6.07, 6.45) is 0. The quantitative estimate of drug-likeness (QED) is 0.779. The molecule has 0 saturated carbocycles. The molecule has 2 aromatic carbocycles. The third kappa shape index (κ3) is 2.53. The van der Waals surface area contributed by atoms with Crippen molar-refractivity contribution in [3.63, 3.8) is 0 Å². The number of hydrogen-bond donors (Lipinski definition) is 1. The Morgan fingerprint density at radius 1 is 1.11 bits per heavy atom. The highest BCUT2D eigenvalue weighted by atomic mass is 127. The summed E-state index contributed by atoms with van der Waals surface area (Å²) in [6, 6.07) is 15.9. The van der Waals surface area contributed by atoms with Gasteiger partial charge in [-0.2, -0.15) is 0 Å². The summed E-state index contributed by atoms with van der Waals surface area (Å²) in [7, 11) is 0. The Morgan fingerprint density at radius 2 is 1.89 bits per heavy atom. The van der Waals surface area contributed by atoms with Crippen LogP contribution in [0.3, 0.4) is 0 Å². The Labute approximate surface area is 124 Å². The number of halogens is 1. The number of hydrogen-bond acceptors (Lipinski definition) is 2. The summed E-state index contributed by atoms with van der Waals surface area (Å²) in [4.78, 5) is 16.1. The van der Waals surface area contributed by atoms with Crippen molar-refractivity contribution in [2.75, 3.05) is 11.9 Å². The Morgan fingerprint density at radius 3 is 2.68 bits per heavy atom. The molecule has 1 amide bonds. The lowest BCUT2D eigenvalue weighted by molar-refractivity contribution is -0.114. The highest BCUT2D eigenvalue weighted by Crippen LogP contribution is 2.24. The summed E-state index contributed by atoms with van der Waals surface area (Å²) in [5.74, 6) is -0.0756. The van der Waals surface area contributed by atoms with E-state index in [0.29, 0.717) is 0 Å². The lowest BCUT2D eigenvalue weighted by Crippen LogP contribution is -2.13. The number of nitrogens with one attached hydrogen (secondary N) is 1. The van der Waals surface area contributed by atoms with Gasteiger partial charge in [-0.05, 0) is 40.8 Å². The first-order valence-electron chi connectivity index (χ1n) is 5.94. The van der Waals surface area contributed by atoms with Crippen molar-refractivity contribution in [1.82, 2.24) is 0 Å². The van der Waals surface area contributed by atoms with Crippen molar-refractivity contribution < 1.29 is 4.79 Å². The van der Waals surface area contributed by atoms with Crippen molar-refractivity contribution in [1.29, 1.82) is 0 Å². The van der Waals surface area contributed by atoms with E-state index >= 15 is 0 Å². The zero-order chi connectivity index (χ0) is 13.2. The van der Waals surface area contributed by atoms with Gasteiger partial charge in [-0.1, -0.05) is 30.3 Å². The zero-order valence-corrected chi connectivity index (χ0v) is 12.2. The molecule has 0 aliphatic carbocycles. The van der Waals surface area contributed by atoms with E-state index in [1.807, 2.05) is 48.5 Å². The first kappa shape index (κ1) is 12.3. The number of fused-ring (bicyclic) bond motifs is 1. The minimum atomic E-state index is -0.0756. The molecular formula is C15H11IN2O. The molecule has 2 aromatic rings. The molecule has 1 aliphatic rings. The van der Waals surface area contributed by atoms with Crippen LogP contribution in [0.4, 0.5) is 5.69 Å². The molecule has 0 bridgehead atoms. The predicted molar refractivity (Wildman–Crippen MR) is 84.7 cm³/mol. The van der Waals surface area contributed by atoms with Crippen LogP contribution < -0.4 is 5.32 Å². The van der Waals surface area contributed by atoms with E-state index in [0.717, 1.165) is 26.1 Å². The Bertz CT molecular complexity index is 665. The SMILES string of the molecule is O=C1CN=C(c2ccccc2)c2cc(I)ccc2N1. The first-order chi connectivity index (χ1) is 9.24. The van der Waals surface area contributed by atoms with Crippen LogP contribution in [0.2, 0.25) is 0 Å². The van der Waals surface area contributed by atoms with E-state index in [1.54, 1.807) is 0 Å². The van der Waals surface area contributed by atoms with Gasteiger partial charge in [-0.25, -0.2) is 0 Å². The molecule has 1 aliphatic heterocycles. The second-order valence-electron chi connectivity index (χ2n) is 4.27. The summed E-state index contributed by atoms with van der Waals surface area (Å²) >= 11 is 2.27.